The zero-order valence-corrected chi connectivity index (χ0v) is 18.9. The Kier molecular flexibility index (Phi) is 4.04. The Morgan fingerprint density at radius 2 is 1.82 bits per heavy atom. The standard InChI is InChI=1S/C29H30N2O2/c32-26(16-28-13-20-11-21-12-22(15-28)29(21,14-20)18-28)30-25-8-4-7-24-23(25)9-10-31(27(24)33)17-19-5-2-1-3-6-19/h1-10,20-22H,11-18H2,(H,30,32). The lowest BCUT2D eigenvalue weighted by Gasteiger charge is -2.49. The van der Waals surface area contributed by atoms with Crippen molar-refractivity contribution in [2.75, 3.05) is 5.32 Å². The second kappa shape index (κ2) is 6.82. The van der Waals surface area contributed by atoms with Crippen LogP contribution in [0.5, 0.6) is 0 Å². The number of anilines is 1. The molecule has 4 nitrogen and oxygen atoms in total. The number of pyridine rings is 1. The monoisotopic (exact) mass is 438 g/mol. The molecule has 1 aromatic heterocycles. The summed E-state index contributed by atoms with van der Waals surface area (Å²) in [5.74, 6) is 2.80. The summed E-state index contributed by atoms with van der Waals surface area (Å²) in [6, 6.07) is 17.6. The normalized spacial score (nSPS) is 33.2. The fourth-order valence-corrected chi connectivity index (χ4v) is 8.61. The van der Waals surface area contributed by atoms with Crippen molar-refractivity contribution >= 4 is 22.4 Å². The van der Waals surface area contributed by atoms with E-state index in [1.54, 1.807) is 4.57 Å². The molecule has 4 fully saturated rings. The number of carbonyl (C=O) groups is 1. The molecule has 4 aliphatic carbocycles. The van der Waals surface area contributed by atoms with Gasteiger partial charge in [0.15, 0.2) is 0 Å². The number of fused-ring (bicyclic) bond motifs is 3. The number of hydrogen-bond acceptors (Lipinski definition) is 2. The van der Waals surface area contributed by atoms with Gasteiger partial charge in [0.25, 0.3) is 5.56 Å². The molecule has 0 radical (unpaired) electrons. The van der Waals surface area contributed by atoms with Gasteiger partial charge in [0, 0.05) is 29.1 Å². The maximum atomic E-state index is 13.3. The van der Waals surface area contributed by atoms with Crippen LogP contribution in [0.4, 0.5) is 5.69 Å². The van der Waals surface area contributed by atoms with Gasteiger partial charge in [-0.15, -0.1) is 0 Å². The fraction of sp³-hybridized carbons (Fsp3) is 0.448. The van der Waals surface area contributed by atoms with E-state index >= 15 is 0 Å². The summed E-state index contributed by atoms with van der Waals surface area (Å²) in [4.78, 5) is 26.4. The highest BCUT2D eigenvalue weighted by atomic mass is 16.1. The number of benzene rings is 2. The van der Waals surface area contributed by atoms with Crippen LogP contribution in [0, 0.1) is 28.6 Å². The number of carbonyl (C=O) groups excluding carboxylic acids is 1. The average molecular weight is 439 g/mol. The zero-order chi connectivity index (χ0) is 22.2. The first-order valence-corrected chi connectivity index (χ1v) is 12.5. The highest BCUT2D eigenvalue weighted by Crippen LogP contribution is 2.79. The number of rotatable bonds is 5. The minimum absolute atomic E-state index is 0.0209. The molecule has 1 amide bonds. The summed E-state index contributed by atoms with van der Waals surface area (Å²) in [5.41, 5.74) is 2.65. The second-order valence-electron chi connectivity index (χ2n) is 11.5. The first kappa shape index (κ1) is 19.6. The number of amides is 1. The van der Waals surface area contributed by atoms with E-state index in [1.807, 2.05) is 60.8 Å². The van der Waals surface area contributed by atoms with Crippen LogP contribution in [0.15, 0.2) is 65.6 Å². The predicted octanol–water partition coefficient (Wildman–Crippen LogP) is 5.59. The van der Waals surface area contributed by atoms with Gasteiger partial charge in [-0.3, -0.25) is 9.59 Å². The summed E-state index contributed by atoms with van der Waals surface area (Å²) in [7, 11) is 0. The van der Waals surface area contributed by atoms with Gasteiger partial charge in [-0.2, -0.15) is 0 Å². The maximum Gasteiger partial charge on any atom is 0.258 e. The van der Waals surface area contributed by atoms with Crippen LogP contribution in [-0.2, 0) is 11.3 Å². The van der Waals surface area contributed by atoms with E-state index in [4.69, 9.17) is 0 Å². The summed E-state index contributed by atoms with van der Waals surface area (Å²) in [5, 5.41) is 4.67. The second-order valence-corrected chi connectivity index (χ2v) is 11.5. The molecule has 0 saturated heterocycles. The molecule has 33 heavy (non-hydrogen) atoms. The molecule has 0 aliphatic heterocycles. The molecule has 1 heterocycles. The highest BCUT2D eigenvalue weighted by molar-refractivity contribution is 6.02. The summed E-state index contributed by atoms with van der Waals surface area (Å²) >= 11 is 0. The highest BCUT2D eigenvalue weighted by Gasteiger charge is 2.70. The third kappa shape index (κ3) is 2.89. The van der Waals surface area contributed by atoms with Crippen LogP contribution in [0.1, 0.15) is 50.5 Å². The maximum absolute atomic E-state index is 13.3. The zero-order valence-electron chi connectivity index (χ0n) is 18.9. The average Bonchev–Trinajstić information content (AvgIpc) is 3.11. The molecular formula is C29H30N2O2. The van der Waals surface area contributed by atoms with Crippen LogP contribution in [0.2, 0.25) is 0 Å². The quantitative estimate of drug-likeness (QED) is 0.564. The molecule has 3 bridgehead atoms. The molecule has 4 saturated carbocycles. The van der Waals surface area contributed by atoms with Crippen molar-refractivity contribution in [3.8, 4) is 0 Å². The number of nitrogens with zero attached hydrogens (tertiary/aromatic N) is 1. The van der Waals surface area contributed by atoms with E-state index in [1.165, 1.54) is 38.5 Å². The van der Waals surface area contributed by atoms with Gasteiger partial charge in [0.1, 0.15) is 0 Å². The third-order valence-corrected chi connectivity index (χ3v) is 9.61. The van der Waals surface area contributed by atoms with Crippen molar-refractivity contribution < 1.29 is 4.79 Å². The van der Waals surface area contributed by atoms with Crippen molar-refractivity contribution in [1.82, 2.24) is 4.57 Å². The topological polar surface area (TPSA) is 51.1 Å². The molecular weight excluding hydrogens is 408 g/mol. The van der Waals surface area contributed by atoms with Crippen LogP contribution >= 0.6 is 0 Å². The molecule has 4 heteroatoms. The van der Waals surface area contributed by atoms with Crippen LogP contribution in [-0.4, -0.2) is 10.5 Å². The molecule has 7 rings (SSSR count). The Hall–Kier alpha value is -2.88. The molecule has 2 aromatic carbocycles. The van der Waals surface area contributed by atoms with Crippen LogP contribution < -0.4 is 10.9 Å². The lowest BCUT2D eigenvalue weighted by molar-refractivity contribution is -0.119. The van der Waals surface area contributed by atoms with E-state index in [0.717, 1.165) is 34.4 Å². The minimum atomic E-state index is -0.0209. The van der Waals surface area contributed by atoms with Gasteiger partial charge in [-0.05, 0) is 90.9 Å². The van der Waals surface area contributed by atoms with Gasteiger partial charge >= 0.3 is 0 Å². The smallest absolute Gasteiger partial charge is 0.258 e. The van der Waals surface area contributed by atoms with Crippen molar-refractivity contribution in [2.45, 2.75) is 51.5 Å². The Balaban J connectivity index is 1.13. The molecule has 1 spiro atoms. The lowest BCUT2D eigenvalue weighted by Crippen LogP contribution is -2.42. The number of hydrogen-bond donors (Lipinski definition) is 1. The van der Waals surface area contributed by atoms with Gasteiger partial charge in [0.2, 0.25) is 5.91 Å². The van der Waals surface area contributed by atoms with E-state index in [2.05, 4.69) is 5.32 Å². The fourth-order valence-electron chi connectivity index (χ4n) is 8.61. The molecule has 3 aromatic rings. The van der Waals surface area contributed by atoms with Crippen LogP contribution in [0.3, 0.4) is 0 Å². The van der Waals surface area contributed by atoms with E-state index in [0.29, 0.717) is 23.8 Å². The van der Waals surface area contributed by atoms with E-state index < -0.39 is 0 Å². The van der Waals surface area contributed by atoms with Gasteiger partial charge in [0.05, 0.1) is 6.54 Å². The summed E-state index contributed by atoms with van der Waals surface area (Å²) < 4.78 is 1.74. The Morgan fingerprint density at radius 1 is 0.939 bits per heavy atom. The molecule has 5 atom stereocenters. The Bertz CT molecular complexity index is 1320. The minimum Gasteiger partial charge on any atom is -0.325 e. The Morgan fingerprint density at radius 3 is 2.70 bits per heavy atom. The first-order valence-electron chi connectivity index (χ1n) is 12.5. The van der Waals surface area contributed by atoms with Gasteiger partial charge in [-0.25, -0.2) is 0 Å². The summed E-state index contributed by atoms with van der Waals surface area (Å²) in [6.07, 6.45) is 10.5. The van der Waals surface area contributed by atoms with Crippen molar-refractivity contribution in [3.63, 3.8) is 0 Å². The first-order chi connectivity index (χ1) is 16.0. The van der Waals surface area contributed by atoms with Crippen LogP contribution in [0.25, 0.3) is 10.8 Å². The summed E-state index contributed by atoms with van der Waals surface area (Å²) in [6.45, 7) is 0.541. The SMILES string of the molecule is O=C(CC12CC3CC4CC(C1)C4(C3)C2)Nc1cccc2c(=O)n(Cc3ccccc3)ccc12. The van der Waals surface area contributed by atoms with E-state index in [9.17, 15) is 9.59 Å². The van der Waals surface area contributed by atoms with E-state index in [-0.39, 0.29) is 16.9 Å². The molecule has 168 valence electrons. The van der Waals surface area contributed by atoms with Gasteiger partial charge < -0.3 is 9.88 Å². The molecule has 1 N–H and O–H groups in total. The van der Waals surface area contributed by atoms with Crippen molar-refractivity contribution in [2.24, 2.45) is 28.6 Å². The number of nitrogens with one attached hydrogen (secondary N) is 1. The lowest BCUT2D eigenvalue weighted by atomic mass is 9.55. The Labute approximate surface area is 194 Å². The molecule has 4 aliphatic rings. The number of aromatic nitrogens is 1. The van der Waals surface area contributed by atoms with Crippen molar-refractivity contribution in [3.05, 3.63) is 76.7 Å². The predicted molar refractivity (Wildman–Crippen MR) is 130 cm³/mol. The largest absolute Gasteiger partial charge is 0.325 e. The van der Waals surface area contributed by atoms with Gasteiger partial charge in [-0.1, -0.05) is 36.4 Å². The molecule has 5 unspecified atom stereocenters. The third-order valence-electron chi connectivity index (χ3n) is 9.61. The van der Waals surface area contributed by atoms with Crippen molar-refractivity contribution in [1.29, 1.82) is 0 Å².